The molecule has 5 nitrogen and oxygen atoms in total. The molecular formula is C11H7F2N5. The molecule has 3 rings (SSSR count). The minimum atomic E-state index is -0.994. The van der Waals surface area contributed by atoms with Crippen LogP contribution in [0.5, 0.6) is 0 Å². The Hall–Kier alpha value is -2.57. The molecule has 0 aliphatic carbocycles. The summed E-state index contributed by atoms with van der Waals surface area (Å²) in [7, 11) is 0. The standard InChI is InChI=1S/C11H7F2N5/c12-7-3-6(9(14)4-8(7)13)11-17-16-10-5-15-1-2-18(10)11/h1-5H,14H2. The number of rotatable bonds is 1. The third-order valence-electron chi connectivity index (χ3n) is 2.55. The van der Waals surface area contributed by atoms with Crippen LogP contribution in [0.1, 0.15) is 0 Å². The first-order valence-corrected chi connectivity index (χ1v) is 5.06. The number of benzene rings is 1. The fourth-order valence-corrected chi connectivity index (χ4v) is 1.69. The highest BCUT2D eigenvalue weighted by molar-refractivity contribution is 5.73. The van der Waals surface area contributed by atoms with Crippen molar-refractivity contribution in [2.75, 3.05) is 5.73 Å². The lowest BCUT2D eigenvalue weighted by Crippen LogP contribution is -1.98. The summed E-state index contributed by atoms with van der Waals surface area (Å²) >= 11 is 0. The van der Waals surface area contributed by atoms with Crippen LogP contribution >= 0.6 is 0 Å². The van der Waals surface area contributed by atoms with E-state index in [2.05, 4.69) is 15.2 Å². The van der Waals surface area contributed by atoms with Crippen molar-refractivity contribution in [2.45, 2.75) is 0 Å². The molecule has 0 radical (unpaired) electrons. The lowest BCUT2D eigenvalue weighted by atomic mass is 10.1. The third kappa shape index (κ3) is 1.48. The van der Waals surface area contributed by atoms with Crippen LogP contribution in [0.4, 0.5) is 14.5 Å². The second-order valence-electron chi connectivity index (χ2n) is 3.68. The van der Waals surface area contributed by atoms with Gasteiger partial charge in [0.05, 0.1) is 6.20 Å². The Labute approximate surface area is 99.9 Å². The summed E-state index contributed by atoms with van der Waals surface area (Å²) in [5.74, 6) is -1.64. The predicted octanol–water partition coefficient (Wildman–Crippen LogP) is 1.65. The molecule has 0 aliphatic heterocycles. The number of nitrogens with two attached hydrogens (primary N) is 1. The van der Waals surface area contributed by atoms with Gasteiger partial charge < -0.3 is 5.73 Å². The second kappa shape index (κ2) is 3.73. The first-order valence-electron chi connectivity index (χ1n) is 5.06. The fourth-order valence-electron chi connectivity index (χ4n) is 1.69. The molecule has 7 heteroatoms. The molecule has 0 saturated carbocycles. The third-order valence-corrected chi connectivity index (χ3v) is 2.55. The number of hydrogen-bond donors (Lipinski definition) is 1. The van der Waals surface area contributed by atoms with Gasteiger partial charge in [-0.3, -0.25) is 9.38 Å². The monoisotopic (exact) mass is 247 g/mol. The van der Waals surface area contributed by atoms with E-state index in [9.17, 15) is 8.78 Å². The van der Waals surface area contributed by atoms with Crippen LogP contribution in [0.3, 0.4) is 0 Å². The molecule has 0 atom stereocenters. The Balaban J connectivity index is 2.29. The van der Waals surface area contributed by atoms with E-state index in [0.717, 1.165) is 12.1 Å². The average Bonchev–Trinajstić information content (AvgIpc) is 2.78. The second-order valence-corrected chi connectivity index (χ2v) is 3.68. The molecule has 3 aromatic rings. The molecule has 2 aromatic heterocycles. The van der Waals surface area contributed by atoms with Gasteiger partial charge >= 0.3 is 0 Å². The quantitative estimate of drug-likeness (QED) is 0.664. The molecule has 2 N–H and O–H groups in total. The molecule has 1 aromatic carbocycles. The minimum Gasteiger partial charge on any atom is -0.398 e. The average molecular weight is 247 g/mol. The van der Waals surface area contributed by atoms with E-state index in [4.69, 9.17) is 5.73 Å². The smallest absolute Gasteiger partial charge is 0.179 e. The summed E-state index contributed by atoms with van der Waals surface area (Å²) in [6.07, 6.45) is 4.66. The first-order chi connectivity index (χ1) is 8.66. The fraction of sp³-hybridized carbons (Fsp3) is 0. The predicted molar refractivity (Wildman–Crippen MR) is 60.5 cm³/mol. The minimum absolute atomic E-state index is 0.0972. The zero-order valence-electron chi connectivity index (χ0n) is 9.01. The summed E-state index contributed by atoms with van der Waals surface area (Å²) < 4.78 is 27.9. The molecule has 2 heterocycles. The van der Waals surface area contributed by atoms with Crippen molar-refractivity contribution in [3.05, 3.63) is 42.4 Å². The summed E-state index contributed by atoms with van der Waals surface area (Å²) in [6.45, 7) is 0. The molecule has 0 spiro atoms. The van der Waals surface area contributed by atoms with E-state index in [-0.39, 0.29) is 11.3 Å². The van der Waals surface area contributed by atoms with Gasteiger partial charge in [0.25, 0.3) is 0 Å². The molecule has 0 fully saturated rings. The lowest BCUT2D eigenvalue weighted by Gasteiger charge is -2.04. The van der Waals surface area contributed by atoms with E-state index in [1.807, 2.05) is 0 Å². The van der Waals surface area contributed by atoms with Gasteiger partial charge in [0, 0.05) is 29.7 Å². The van der Waals surface area contributed by atoms with E-state index in [0.29, 0.717) is 11.5 Å². The van der Waals surface area contributed by atoms with E-state index in [1.165, 1.54) is 12.4 Å². The van der Waals surface area contributed by atoms with Gasteiger partial charge in [0.1, 0.15) is 0 Å². The van der Waals surface area contributed by atoms with Crippen LogP contribution in [0, 0.1) is 11.6 Å². The Kier molecular flexibility index (Phi) is 2.19. The summed E-state index contributed by atoms with van der Waals surface area (Å²) in [5, 5.41) is 7.77. The molecule has 18 heavy (non-hydrogen) atoms. The van der Waals surface area contributed by atoms with Gasteiger partial charge in [-0.1, -0.05) is 0 Å². The number of nitrogen functional groups attached to an aromatic ring is 1. The first kappa shape index (κ1) is 10.6. The molecule has 0 bridgehead atoms. The number of anilines is 1. The number of aromatic nitrogens is 4. The number of fused-ring (bicyclic) bond motifs is 1. The van der Waals surface area contributed by atoms with Crippen LogP contribution in [0.15, 0.2) is 30.7 Å². The van der Waals surface area contributed by atoms with E-state index < -0.39 is 11.6 Å². The maximum Gasteiger partial charge on any atom is 0.179 e. The SMILES string of the molecule is Nc1cc(F)c(F)cc1-c1nnc2cnccn12. The highest BCUT2D eigenvalue weighted by Gasteiger charge is 2.14. The summed E-state index contributed by atoms with van der Waals surface area (Å²) in [4.78, 5) is 3.89. The van der Waals surface area contributed by atoms with Gasteiger partial charge in [-0.15, -0.1) is 10.2 Å². The van der Waals surface area contributed by atoms with Crippen LogP contribution in [-0.2, 0) is 0 Å². The molecular weight excluding hydrogens is 240 g/mol. The number of halogens is 2. The topological polar surface area (TPSA) is 69.1 Å². The highest BCUT2D eigenvalue weighted by atomic mass is 19.2. The maximum absolute atomic E-state index is 13.3. The largest absolute Gasteiger partial charge is 0.398 e. The van der Waals surface area contributed by atoms with Crippen LogP contribution in [-0.4, -0.2) is 19.6 Å². The highest BCUT2D eigenvalue weighted by Crippen LogP contribution is 2.26. The number of hydrogen-bond acceptors (Lipinski definition) is 4. The van der Waals surface area contributed by atoms with Crippen molar-refractivity contribution in [3.8, 4) is 11.4 Å². The lowest BCUT2D eigenvalue weighted by molar-refractivity contribution is 0.509. The Bertz CT molecular complexity index is 737. The van der Waals surface area contributed by atoms with Crippen LogP contribution < -0.4 is 5.73 Å². The Morgan fingerprint density at radius 3 is 2.72 bits per heavy atom. The van der Waals surface area contributed by atoms with Gasteiger partial charge in [-0.2, -0.15) is 0 Å². The van der Waals surface area contributed by atoms with Crippen molar-refractivity contribution in [2.24, 2.45) is 0 Å². The molecule has 0 saturated heterocycles. The van der Waals surface area contributed by atoms with E-state index in [1.54, 1.807) is 10.6 Å². The molecule has 0 unspecified atom stereocenters. The Morgan fingerprint density at radius 1 is 1.11 bits per heavy atom. The summed E-state index contributed by atoms with van der Waals surface area (Å²) in [5.41, 5.74) is 6.55. The van der Waals surface area contributed by atoms with Crippen molar-refractivity contribution >= 4 is 11.3 Å². The van der Waals surface area contributed by atoms with E-state index >= 15 is 0 Å². The van der Waals surface area contributed by atoms with Gasteiger partial charge in [-0.05, 0) is 6.07 Å². The van der Waals surface area contributed by atoms with Gasteiger partial charge in [0.15, 0.2) is 23.1 Å². The van der Waals surface area contributed by atoms with Gasteiger partial charge in [-0.25, -0.2) is 8.78 Å². The van der Waals surface area contributed by atoms with Crippen molar-refractivity contribution in [1.29, 1.82) is 0 Å². The number of nitrogens with zero attached hydrogens (tertiary/aromatic N) is 4. The normalized spacial score (nSPS) is 11.0. The molecule has 0 aliphatic rings. The maximum atomic E-state index is 13.3. The molecule has 0 amide bonds. The van der Waals surface area contributed by atoms with Crippen molar-refractivity contribution in [1.82, 2.24) is 19.6 Å². The van der Waals surface area contributed by atoms with Gasteiger partial charge in [0.2, 0.25) is 0 Å². The zero-order valence-corrected chi connectivity index (χ0v) is 9.01. The van der Waals surface area contributed by atoms with Crippen LogP contribution in [0.25, 0.3) is 17.0 Å². The van der Waals surface area contributed by atoms with Crippen LogP contribution in [0.2, 0.25) is 0 Å². The molecule has 90 valence electrons. The van der Waals surface area contributed by atoms with Crippen molar-refractivity contribution in [3.63, 3.8) is 0 Å². The zero-order chi connectivity index (χ0) is 12.7. The Morgan fingerprint density at radius 2 is 1.89 bits per heavy atom. The van der Waals surface area contributed by atoms with Crippen molar-refractivity contribution < 1.29 is 8.78 Å². The summed E-state index contributed by atoms with van der Waals surface area (Å²) in [6, 6.07) is 1.93.